The van der Waals surface area contributed by atoms with Gasteiger partial charge in [-0.3, -0.25) is 9.78 Å². The molecule has 28 heavy (non-hydrogen) atoms. The van der Waals surface area contributed by atoms with E-state index in [1.54, 1.807) is 18.0 Å². The van der Waals surface area contributed by atoms with Gasteiger partial charge in [-0.05, 0) is 53.6 Å². The zero-order valence-corrected chi connectivity index (χ0v) is 15.7. The molecule has 3 heterocycles. The van der Waals surface area contributed by atoms with Crippen LogP contribution in [0.3, 0.4) is 0 Å². The summed E-state index contributed by atoms with van der Waals surface area (Å²) in [6.07, 6.45) is 6.43. The van der Waals surface area contributed by atoms with Crippen molar-refractivity contribution in [3.05, 3.63) is 47.3 Å². The molecule has 1 fully saturated rings. The molecule has 2 aliphatic heterocycles. The Morgan fingerprint density at radius 2 is 2.07 bits per heavy atom. The van der Waals surface area contributed by atoms with E-state index in [9.17, 15) is 9.59 Å². The molecule has 0 N–H and O–H groups in total. The normalized spacial score (nSPS) is 25.7. The van der Waals surface area contributed by atoms with Gasteiger partial charge in [0.25, 0.3) is 0 Å². The van der Waals surface area contributed by atoms with Gasteiger partial charge in [-0.15, -0.1) is 0 Å². The molecule has 5 rings (SSSR count). The summed E-state index contributed by atoms with van der Waals surface area (Å²) in [7, 11) is 1.79. The Labute approximate surface area is 168 Å². The molecule has 0 unspecified atom stereocenters. The second kappa shape index (κ2) is 6.06. The van der Waals surface area contributed by atoms with Crippen molar-refractivity contribution in [3.8, 4) is 11.1 Å². The topological polar surface area (TPSA) is 62.7 Å². The molecule has 0 bridgehead atoms. The van der Waals surface area contributed by atoms with Crippen molar-refractivity contribution in [3.63, 3.8) is 0 Å². The van der Waals surface area contributed by atoms with Crippen molar-refractivity contribution in [2.24, 2.45) is 0 Å². The molecule has 0 radical (unpaired) electrons. The van der Waals surface area contributed by atoms with Crippen LogP contribution in [0.5, 0.6) is 0 Å². The molecule has 1 aromatic carbocycles. The van der Waals surface area contributed by atoms with E-state index in [4.69, 9.17) is 8.85 Å². The van der Waals surface area contributed by atoms with Gasteiger partial charge in [0, 0.05) is 54.6 Å². The van der Waals surface area contributed by atoms with Gasteiger partial charge in [-0.25, -0.2) is 4.79 Å². The molecule has 3 aliphatic rings. The third-order valence-electron chi connectivity index (χ3n) is 6.45. The fourth-order valence-corrected chi connectivity index (χ4v) is 4.68. The van der Waals surface area contributed by atoms with E-state index >= 15 is 0 Å². The van der Waals surface area contributed by atoms with E-state index in [0.717, 1.165) is 40.0 Å². The van der Waals surface area contributed by atoms with Gasteiger partial charge in [0.1, 0.15) is 6.61 Å². The van der Waals surface area contributed by atoms with Crippen LogP contribution in [0.4, 0.5) is 10.5 Å². The number of ether oxygens (including phenoxy) is 1. The van der Waals surface area contributed by atoms with E-state index in [1.807, 2.05) is 24.5 Å². The third kappa shape index (κ3) is 2.44. The maximum Gasteiger partial charge on any atom is 0.410 e. The highest BCUT2D eigenvalue weighted by atomic mass is 16.6. The number of cyclic esters (lactones) is 1. The monoisotopic (exact) mass is 380 g/mol. The maximum absolute atomic E-state index is 12.2. The van der Waals surface area contributed by atoms with Gasteiger partial charge >= 0.3 is 6.09 Å². The molecule has 1 aliphatic carbocycles. The second-order valence-electron chi connectivity index (χ2n) is 7.91. The van der Waals surface area contributed by atoms with E-state index in [1.165, 1.54) is 5.56 Å². The van der Waals surface area contributed by atoms with Crippen LogP contribution in [0.15, 0.2) is 30.6 Å². The Morgan fingerprint density at radius 3 is 2.86 bits per heavy atom. The number of pyridine rings is 1. The molecule has 2 amide bonds. The number of nitrogens with zero attached hydrogens (tertiary/aromatic N) is 3. The molecule has 1 spiro atoms. The van der Waals surface area contributed by atoms with E-state index in [-0.39, 0.29) is 24.0 Å². The summed E-state index contributed by atoms with van der Waals surface area (Å²) in [5, 5.41) is 0. The number of aromatic nitrogens is 1. The first-order valence-electron chi connectivity index (χ1n) is 11.0. The number of carbonyl (C=O) groups excluding carboxylic acids is 2. The fraction of sp³-hybridized carbons (Fsp3) is 0.409. The van der Waals surface area contributed by atoms with Crippen molar-refractivity contribution < 1.29 is 18.4 Å². The molecule has 2 aromatic rings. The predicted molar refractivity (Wildman–Crippen MR) is 105 cm³/mol. The van der Waals surface area contributed by atoms with E-state index in [2.05, 4.69) is 4.98 Å². The second-order valence-corrected chi connectivity index (χ2v) is 7.91. The number of anilines is 1. The van der Waals surface area contributed by atoms with Crippen molar-refractivity contribution in [2.45, 2.75) is 37.6 Å². The largest absolute Gasteiger partial charge is 0.447 e. The maximum atomic E-state index is 12.2. The number of rotatable bonds is 1. The summed E-state index contributed by atoms with van der Waals surface area (Å²) in [5.74, 6) is -0.373. The first-order chi connectivity index (χ1) is 14.7. The van der Waals surface area contributed by atoms with Crippen LogP contribution in [0.25, 0.3) is 11.1 Å². The van der Waals surface area contributed by atoms with Crippen molar-refractivity contribution >= 4 is 17.7 Å². The van der Waals surface area contributed by atoms with Crippen LogP contribution >= 0.6 is 0 Å². The number of fused-ring (bicyclic) bond motifs is 2. The predicted octanol–water partition coefficient (Wildman–Crippen LogP) is 2.97. The number of likely N-dealkylation sites (N-methyl/N-ethyl adjacent to an activating group) is 1. The van der Waals surface area contributed by atoms with Crippen molar-refractivity contribution in [2.75, 3.05) is 25.5 Å². The summed E-state index contributed by atoms with van der Waals surface area (Å²) in [6.45, 7) is -2.10. The number of hydrogen-bond donors (Lipinski definition) is 0. The number of hydrogen-bond acceptors (Lipinski definition) is 4. The highest BCUT2D eigenvalue weighted by Crippen LogP contribution is 2.40. The SMILES string of the molecule is [2H]C([2H])([2H])N1C(=O)CCc2cc(-c3cncc4c3CC[C@]3(COC(=O)N3C)C4)ccc21. The molecule has 144 valence electrons. The van der Waals surface area contributed by atoms with E-state index in [0.29, 0.717) is 25.1 Å². The smallest absolute Gasteiger partial charge is 0.410 e. The van der Waals surface area contributed by atoms with Crippen LogP contribution in [0.1, 0.15) is 33.6 Å². The third-order valence-corrected chi connectivity index (χ3v) is 6.45. The summed E-state index contributed by atoms with van der Waals surface area (Å²) in [6, 6.07) is 5.58. The first-order valence-corrected chi connectivity index (χ1v) is 9.52. The average molecular weight is 380 g/mol. The lowest BCUT2D eigenvalue weighted by atomic mass is 9.76. The van der Waals surface area contributed by atoms with Gasteiger partial charge in [-0.2, -0.15) is 0 Å². The Balaban J connectivity index is 1.52. The summed E-state index contributed by atoms with van der Waals surface area (Å²) < 4.78 is 28.5. The van der Waals surface area contributed by atoms with Gasteiger partial charge < -0.3 is 14.5 Å². The Morgan fingerprint density at radius 1 is 1.18 bits per heavy atom. The minimum Gasteiger partial charge on any atom is -0.447 e. The molecule has 6 heteroatoms. The summed E-state index contributed by atoms with van der Waals surface area (Å²) in [5.41, 5.74) is 5.28. The molecular formula is C22H23N3O3. The highest BCUT2D eigenvalue weighted by Gasteiger charge is 2.47. The number of carbonyl (C=O) groups is 2. The zero-order chi connectivity index (χ0) is 22.0. The number of amides is 2. The first kappa shape index (κ1) is 14.2. The minimum absolute atomic E-state index is 0.183. The number of benzene rings is 1. The number of aryl methyl sites for hydroxylation is 1. The van der Waals surface area contributed by atoms with Gasteiger partial charge in [0.05, 0.1) is 5.54 Å². The van der Waals surface area contributed by atoms with Crippen LogP contribution in [-0.4, -0.2) is 48.1 Å². The highest BCUT2D eigenvalue weighted by molar-refractivity contribution is 5.96. The Bertz CT molecular complexity index is 1100. The fourth-order valence-electron chi connectivity index (χ4n) is 4.68. The quantitative estimate of drug-likeness (QED) is 0.763. The van der Waals surface area contributed by atoms with E-state index < -0.39 is 6.98 Å². The van der Waals surface area contributed by atoms with Gasteiger partial charge in [0.15, 0.2) is 0 Å². The molecule has 1 atom stereocenters. The lowest BCUT2D eigenvalue weighted by molar-refractivity contribution is -0.118. The summed E-state index contributed by atoms with van der Waals surface area (Å²) in [4.78, 5) is 31.3. The lowest BCUT2D eigenvalue weighted by Gasteiger charge is -2.38. The molecule has 6 nitrogen and oxygen atoms in total. The molecule has 1 aromatic heterocycles. The van der Waals surface area contributed by atoms with Gasteiger partial charge in [-0.1, -0.05) is 6.07 Å². The minimum atomic E-state index is -2.50. The summed E-state index contributed by atoms with van der Waals surface area (Å²) >= 11 is 0. The van der Waals surface area contributed by atoms with Gasteiger partial charge in [0.2, 0.25) is 5.91 Å². The average Bonchev–Trinajstić information content (AvgIpc) is 3.00. The van der Waals surface area contributed by atoms with Crippen molar-refractivity contribution in [1.29, 1.82) is 0 Å². The standard InChI is InChI=1S/C22H23N3O3/c1-24-19-5-3-14(9-15(19)4-6-20(24)26)18-12-23-11-16-10-22(8-7-17(16)18)13-28-21(27)25(22)2/h3,5,9,11-12H,4,6-8,10,13H2,1-2H3/t22-/m1/s1/i1D3. The Kier molecular flexibility index (Phi) is 3.06. The lowest BCUT2D eigenvalue weighted by Crippen LogP contribution is -2.49. The Hall–Kier alpha value is -2.89. The van der Waals surface area contributed by atoms with Crippen LogP contribution < -0.4 is 4.90 Å². The van der Waals surface area contributed by atoms with Crippen LogP contribution in [-0.2, 0) is 28.8 Å². The molecule has 1 saturated heterocycles. The molecular weight excluding hydrogens is 354 g/mol. The van der Waals surface area contributed by atoms with Crippen LogP contribution in [0, 0.1) is 0 Å². The van der Waals surface area contributed by atoms with Crippen molar-refractivity contribution in [1.82, 2.24) is 9.88 Å². The van der Waals surface area contributed by atoms with Crippen LogP contribution in [0.2, 0.25) is 0 Å². The zero-order valence-electron chi connectivity index (χ0n) is 18.7. The molecule has 0 saturated carbocycles.